The summed E-state index contributed by atoms with van der Waals surface area (Å²) in [5.74, 6) is 2.72. The quantitative estimate of drug-likeness (QED) is 0.421. The summed E-state index contributed by atoms with van der Waals surface area (Å²) in [6.07, 6.45) is 2.23. The molecule has 1 heterocycles. The number of likely N-dealkylation sites (tertiary alicyclic amines) is 1. The molecule has 0 radical (unpaired) electrons. The van der Waals surface area contributed by atoms with Gasteiger partial charge in [0.25, 0.3) is 0 Å². The van der Waals surface area contributed by atoms with E-state index in [1.807, 2.05) is 61.6 Å². The van der Waals surface area contributed by atoms with Crippen LogP contribution in [0.25, 0.3) is 0 Å². The average Bonchev–Trinajstić information content (AvgIpc) is 2.78. The molecule has 156 valence electrons. The number of hydrogen-bond donors (Lipinski definition) is 1. The van der Waals surface area contributed by atoms with Crippen LogP contribution in [0.15, 0.2) is 59.6 Å². The van der Waals surface area contributed by atoms with E-state index in [1.165, 1.54) is 0 Å². The monoisotopic (exact) mass is 397 g/mol. The molecule has 1 aliphatic heterocycles. The van der Waals surface area contributed by atoms with Crippen LogP contribution in [0.3, 0.4) is 0 Å². The molecule has 1 aliphatic rings. The highest BCUT2D eigenvalue weighted by Gasteiger charge is 2.22. The van der Waals surface area contributed by atoms with Crippen LogP contribution in [-0.2, 0) is 11.3 Å². The molecule has 0 amide bonds. The summed E-state index contributed by atoms with van der Waals surface area (Å²) < 4.78 is 17.2. The number of para-hydroxylation sites is 2. The van der Waals surface area contributed by atoms with Crippen molar-refractivity contribution < 1.29 is 14.2 Å². The second-order valence-corrected chi connectivity index (χ2v) is 6.96. The number of rotatable bonds is 8. The minimum atomic E-state index is 0.260. The highest BCUT2D eigenvalue weighted by atomic mass is 16.5. The number of guanidine groups is 1. The lowest BCUT2D eigenvalue weighted by Gasteiger charge is -2.34. The summed E-state index contributed by atoms with van der Waals surface area (Å²) in [5, 5.41) is 3.40. The Kier molecular flexibility index (Phi) is 8.19. The number of aliphatic imine (C=N–C) groups is 1. The van der Waals surface area contributed by atoms with Gasteiger partial charge < -0.3 is 24.4 Å². The third kappa shape index (κ3) is 6.39. The van der Waals surface area contributed by atoms with Gasteiger partial charge in [0, 0.05) is 45.1 Å². The van der Waals surface area contributed by atoms with Gasteiger partial charge in [-0.05, 0) is 18.2 Å². The number of nitrogens with zero attached hydrogens (tertiary/aromatic N) is 2. The van der Waals surface area contributed by atoms with Crippen molar-refractivity contribution in [3.63, 3.8) is 0 Å². The van der Waals surface area contributed by atoms with Gasteiger partial charge in [0.1, 0.15) is 17.6 Å². The molecule has 1 fully saturated rings. The predicted octanol–water partition coefficient (Wildman–Crippen LogP) is 3.33. The van der Waals surface area contributed by atoms with Crippen molar-refractivity contribution in [3.8, 4) is 11.5 Å². The largest absolute Gasteiger partial charge is 0.496 e. The fraction of sp³-hybridized carbons (Fsp3) is 0.435. The summed E-state index contributed by atoms with van der Waals surface area (Å²) in [6, 6.07) is 18.0. The highest BCUT2D eigenvalue weighted by Crippen LogP contribution is 2.19. The van der Waals surface area contributed by atoms with E-state index in [0.29, 0.717) is 19.8 Å². The molecular formula is C23H31N3O3. The topological polar surface area (TPSA) is 55.3 Å². The van der Waals surface area contributed by atoms with Gasteiger partial charge in [0.2, 0.25) is 0 Å². The van der Waals surface area contributed by atoms with Crippen LogP contribution >= 0.6 is 0 Å². The Labute approximate surface area is 173 Å². The van der Waals surface area contributed by atoms with Crippen molar-refractivity contribution in [2.45, 2.75) is 25.6 Å². The number of methoxy groups -OCH3 is 1. The Balaban J connectivity index is 1.35. The van der Waals surface area contributed by atoms with Gasteiger partial charge in [-0.25, -0.2) is 0 Å². The lowest BCUT2D eigenvalue weighted by molar-refractivity contribution is 0.119. The van der Waals surface area contributed by atoms with E-state index in [4.69, 9.17) is 14.2 Å². The van der Waals surface area contributed by atoms with E-state index >= 15 is 0 Å². The van der Waals surface area contributed by atoms with Crippen molar-refractivity contribution in [3.05, 3.63) is 60.2 Å². The second-order valence-electron chi connectivity index (χ2n) is 6.96. The number of benzene rings is 2. The van der Waals surface area contributed by atoms with Gasteiger partial charge >= 0.3 is 0 Å². The molecule has 1 N–H and O–H groups in total. The molecule has 0 unspecified atom stereocenters. The SMILES string of the molecule is CN=C(NCCOCc1ccccc1OC)N1CCC(Oc2ccccc2)CC1. The standard InChI is InChI=1S/C23H31N3O3/c1-24-23(25-14-17-28-18-19-8-6-7-11-22(19)27-2)26-15-12-21(13-16-26)29-20-9-4-3-5-10-20/h3-11,21H,12-18H2,1-2H3,(H,24,25). The smallest absolute Gasteiger partial charge is 0.193 e. The van der Waals surface area contributed by atoms with Gasteiger partial charge in [-0.2, -0.15) is 0 Å². The predicted molar refractivity (Wildman–Crippen MR) is 116 cm³/mol. The summed E-state index contributed by atoms with van der Waals surface area (Å²) in [7, 11) is 3.50. The summed E-state index contributed by atoms with van der Waals surface area (Å²) in [5.41, 5.74) is 1.06. The van der Waals surface area contributed by atoms with Gasteiger partial charge in [0.05, 0.1) is 20.3 Å². The number of nitrogens with one attached hydrogen (secondary N) is 1. The molecule has 1 saturated heterocycles. The molecule has 0 aliphatic carbocycles. The van der Waals surface area contributed by atoms with Gasteiger partial charge in [0.15, 0.2) is 5.96 Å². The molecule has 0 saturated carbocycles. The third-order valence-electron chi connectivity index (χ3n) is 4.98. The van der Waals surface area contributed by atoms with Crippen LogP contribution < -0.4 is 14.8 Å². The first-order valence-corrected chi connectivity index (χ1v) is 10.2. The highest BCUT2D eigenvalue weighted by molar-refractivity contribution is 5.79. The van der Waals surface area contributed by atoms with Gasteiger partial charge in [-0.3, -0.25) is 4.99 Å². The number of hydrogen-bond acceptors (Lipinski definition) is 4. The normalized spacial score (nSPS) is 15.2. The molecule has 2 aromatic rings. The first kappa shape index (κ1) is 21.0. The van der Waals surface area contributed by atoms with Crippen LogP contribution in [0.5, 0.6) is 11.5 Å². The van der Waals surface area contributed by atoms with Crippen LogP contribution in [-0.4, -0.2) is 57.4 Å². The van der Waals surface area contributed by atoms with Crippen LogP contribution in [0, 0.1) is 0 Å². The van der Waals surface area contributed by atoms with Crippen molar-refractivity contribution in [1.82, 2.24) is 10.2 Å². The van der Waals surface area contributed by atoms with Crippen molar-refractivity contribution >= 4 is 5.96 Å². The molecule has 6 heteroatoms. The lowest BCUT2D eigenvalue weighted by Crippen LogP contribution is -2.48. The van der Waals surface area contributed by atoms with E-state index in [1.54, 1.807) is 7.11 Å². The zero-order valence-electron chi connectivity index (χ0n) is 17.3. The van der Waals surface area contributed by atoms with Crippen molar-refractivity contribution in [2.75, 3.05) is 40.4 Å². The Morgan fingerprint density at radius 3 is 2.52 bits per heavy atom. The fourth-order valence-electron chi connectivity index (χ4n) is 3.45. The van der Waals surface area contributed by atoms with E-state index in [2.05, 4.69) is 15.2 Å². The third-order valence-corrected chi connectivity index (χ3v) is 4.98. The minimum Gasteiger partial charge on any atom is -0.496 e. The Morgan fingerprint density at radius 1 is 1.07 bits per heavy atom. The first-order valence-electron chi connectivity index (χ1n) is 10.2. The first-order chi connectivity index (χ1) is 14.3. The summed E-state index contributed by atoms with van der Waals surface area (Å²) >= 11 is 0. The van der Waals surface area contributed by atoms with Crippen molar-refractivity contribution in [1.29, 1.82) is 0 Å². The van der Waals surface area contributed by atoms with E-state index in [-0.39, 0.29) is 6.10 Å². The molecule has 0 aromatic heterocycles. The Morgan fingerprint density at radius 2 is 1.79 bits per heavy atom. The van der Waals surface area contributed by atoms with Crippen molar-refractivity contribution in [2.24, 2.45) is 4.99 Å². The molecular weight excluding hydrogens is 366 g/mol. The Hall–Kier alpha value is -2.73. The Bertz CT molecular complexity index is 759. The number of ether oxygens (including phenoxy) is 3. The molecule has 0 bridgehead atoms. The average molecular weight is 398 g/mol. The van der Waals surface area contributed by atoms with E-state index in [9.17, 15) is 0 Å². The molecule has 0 spiro atoms. The van der Waals surface area contributed by atoms with E-state index < -0.39 is 0 Å². The maximum Gasteiger partial charge on any atom is 0.193 e. The molecule has 2 aromatic carbocycles. The van der Waals surface area contributed by atoms with Crippen LogP contribution in [0.2, 0.25) is 0 Å². The van der Waals surface area contributed by atoms with Gasteiger partial charge in [-0.1, -0.05) is 36.4 Å². The number of piperidine rings is 1. The molecule has 0 atom stereocenters. The summed E-state index contributed by atoms with van der Waals surface area (Å²) in [4.78, 5) is 6.70. The summed E-state index contributed by atoms with van der Waals surface area (Å²) in [6.45, 7) is 3.71. The second kappa shape index (κ2) is 11.3. The maximum atomic E-state index is 6.07. The van der Waals surface area contributed by atoms with Crippen LogP contribution in [0.1, 0.15) is 18.4 Å². The van der Waals surface area contributed by atoms with Gasteiger partial charge in [-0.15, -0.1) is 0 Å². The zero-order valence-corrected chi connectivity index (χ0v) is 17.3. The maximum absolute atomic E-state index is 6.07. The fourth-order valence-corrected chi connectivity index (χ4v) is 3.45. The zero-order chi connectivity index (χ0) is 20.3. The molecule has 3 rings (SSSR count). The molecule has 29 heavy (non-hydrogen) atoms. The minimum absolute atomic E-state index is 0.260. The molecule has 6 nitrogen and oxygen atoms in total. The van der Waals surface area contributed by atoms with Crippen LogP contribution in [0.4, 0.5) is 0 Å². The lowest BCUT2D eigenvalue weighted by atomic mass is 10.1. The van der Waals surface area contributed by atoms with E-state index in [0.717, 1.165) is 49.0 Å².